The van der Waals surface area contributed by atoms with Crippen molar-refractivity contribution in [2.45, 2.75) is 25.0 Å². The lowest BCUT2D eigenvalue weighted by Crippen LogP contribution is -2.40. The third-order valence-electron chi connectivity index (χ3n) is 2.75. The molecule has 1 heterocycles. The molecule has 0 saturated carbocycles. The zero-order chi connectivity index (χ0) is 12.8. The number of hydrogen-bond acceptors (Lipinski definition) is 5. The van der Waals surface area contributed by atoms with Gasteiger partial charge in [0.1, 0.15) is 6.10 Å². The Labute approximate surface area is 101 Å². The van der Waals surface area contributed by atoms with Gasteiger partial charge in [0.2, 0.25) is 5.91 Å². The van der Waals surface area contributed by atoms with Gasteiger partial charge in [0.05, 0.1) is 12.6 Å². The number of carbonyl (C=O) groups excluding carboxylic acids is 2. The summed E-state index contributed by atoms with van der Waals surface area (Å²) in [6.07, 6.45) is 0.989. The van der Waals surface area contributed by atoms with Crippen molar-refractivity contribution in [1.29, 1.82) is 0 Å². The summed E-state index contributed by atoms with van der Waals surface area (Å²) in [7, 11) is 3.44. The first-order valence-corrected chi connectivity index (χ1v) is 5.61. The van der Waals surface area contributed by atoms with Gasteiger partial charge in [0.15, 0.2) is 0 Å². The Morgan fingerprint density at radius 1 is 1.47 bits per heavy atom. The maximum absolute atomic E-state index is 11.2. The molecule has 0 spiro atoms. The summed E-state index contributed by atoms with van der Waals surface area (Å²) in [5, 5.41) is 2.55. The van der Waals surface area contributed by atoms with Crippen LogP contribution in [0.5, 0.6) is 0 Å². The fourth-order valence-corrected chi connectivity index (χ4v) is 1.86. The van der Waals surface area contributed by atoms with Gasteiger partial charge in [-0.3, -0.25) is 19.9 Å². The van der Waals surface area contributed by atoms with Crippen molar-refractivity contribution in [3.63, 3.8) is 0 Å². The van der Waals surface area contributed by atoms with Crippen LogP contribution < -0.4 is 16.6 Å². The second-order valence-corrected chi connectivity index (χ2v) is 4.20. The molecule has 1 fully saturated rings. The van der Waals surface area contributed by atoms with Crippen LogP contribution in [0.1, 0.15) is 12.8 Å². The summed E-state index contributed by atoms with van der Waals surface area (Å²) in [5.41, 5.74) is 2.08. The van der Waals surface area contributed by atoms with E-state index in [0.29, 0.717) is 19.5 Å². The van der Waals surface area contributed by atoms with E-state index in [0.717, 1.165) is 6.42 Å². The van der Waals surface area contributed by atoms with E-state index in [-0.39, 0.29) is 17.9 Å². The standard InChI is InChI=1S/C10H20N4O3/c1-12-9(15)6-14(2)5-7-3-4-8(17-7)10(16)13-11/h7-8H,3-6,11H2,1-2H3,(H,12,15)(H,13,16). The van der Waals surface area contributed by atoms with Crippen LogP contribution in [0, 0.1) is 0 Å². The minimum atomic E-state index is -0.460. The van der Waals surface area contributed by atoms with E-state index in [2.05, 4.69) is 10.7 Å². The fourth-order valence-electron chi connectivity index (χ4n) is 1.86. The van der Waals surface area contributed by atoms with Crippen molar-refractivity contribution in [2.24, 2.45) is 5.84 Å². The molecule has 0 aromatic heterocycles. The molecular formula is C10H20N4O3. The first kappa shape index (κ1) is 13.9. The minimum absolute atomic E-state index is 0.0213. The highest BCUT2D eigenvalue weighted by Crippen LogP contribution is 2.20. The van der Waals surface area contributed by atoms with Crippen molar-refractivity contribution >= 4 is 11.8 Å². The molecule has 1 aliphatic heterocycles. The molecule has 17 heavy (non-hydrogen) atoms. The third kappa shape index (κ3) is 4.29. The molecular weight excluding hydrogens is 224 g/mol. The average molecular weight is 244 g/mol. The van der Waals surface area contributed by atoms with Crippen molar-refractivity contribution in [3.8, 4) is 0 Å². The topological polar surface area (TPSA) is 96.7 Å². The van der Waals surface area contributed by atoms with Crippen LogP contribution in [0.2, 0.25) is 0 Å². The van der Waals surface area contributed by atoms with Gasteiger partial charge in [0, 0.05) is 13.6 Å². The monoisotopic (exact) mass is 244 g/mol. The molecule has 98 valence electrons. The van der Waals surface area contributed by atoms with Gasteiger partial charge >= 0.3 is 0 Å². The molecule has 7 heteroatoms. The van der Waals surface area contributed by atoms with Gasteiger partial charge in [-0.2, -0.15) is 0 Å². The Bertz CT molecular complexity index is 285. The molecule has 2 atom stereocenters. The van der Waals surface area contributed by atoms with Crippen LogP contribution in [0.15, 0.2) is 0 Å². The summed E-state index contributed by atoms with van der Waals surface area (Å²) in [6.45, 7) is 0.950. The van der Waals surface area contributed by atoms with E-state index >= 15 is 0 Å². The molecule has 2 amide bonds. The third-order valence-corrected chi connectivity index (χ3v) is 2.75. The Morgan fingerprint density at radius 3 is 2.76 bits per heavy atom. The molecule has 0 aromatic rings. The normalized spacial score (nSPS) is 23.8. The highest BCUT2D eigenvalue weighted by atomic mass is 16.5. The van der Waals surface area contributed by atoms with Crippen molar-refractivity contribution < 1.29 is 14.3 Å². The van der Waals surface area contributed by atoms with Gasteiger partial charge in [-0.1, -0.05) is 0 Å². The number of nitrogens with two attached hydrogens (primary N) is 1. The molecule has 0 bridgehead atoms. The lowest BCUT2D eigenvalue weighted by molar-refractivity contribution is -0.132. The quantitative estimate of drug-likeness (QED) is 0.301. The molecule has 0 aliphatic carbocycles. The summed E-state index contributed by atoms with van der Waals surface area (Å²) >= 11 is 0. The van der Waals surface area contributed by atoms with Gasteiger partial charge < -0.3 is 10.1 Å². The summed E-state index contributed by atoms with van der Waals surface area (Å²) in [5.74, 6) is 4.71. The SMILES string of the molecule is CNC(=O)CN(C)CC1CCC(C(=O)NN)O1. The maximum Gasteiger partial charge on any atom is 0.263 e. The number of nitrogens with zero attached hydrogens (tertiary/aromatic N) is 1. The Balaban J connectivity index is 2.30. The molecule has 1 rings (SSSR count). The van der Waals surface area contributed by atoms with Crippen molar-refractivity contribution in [3.05, 3.63) is 0 Å². The van der Waals surface area contributed by atoms with Crippen LogP contribution in [-0.2, 0) is 14.3 Å². The number of nitrogens with one attached hydrogen (secondary N) is 2. The van der Waals surface area contributed by atoms with Gasteiger partial charge in [0.25, 0.3) is 5.91 Å². The molecule has 7 nitrogen and oxygen atoms in total. The number of hydrogen-bond donors (Lipinski definition) is 3. The summed E-state index contributed by atoms with van der Waals surface area (Å²) in [4.78, 5) is 24.2. The van der Waals surface area contributed by atoms with E-state index in [4.69, 9.17) is 10.6 Å². The van der Waals surface area contributed by atoms with E-state index in [1.807, 2.05) is 11.9 Å². The number of likely N-dealkylation sites (N-methyl/N-ethyl adjacent to an activating group) is 2. The lowest BCUT2D eigenvalue weighted by Gasteiger charge is -2.20. The van der Waals surface area contributed by atoms with Crippen molar-refractivity contribution in [2.75, 3.05) is 27.2 Å². The molecule has 1 saturated heterocycles. The molecule has 1 aliphatic rings. The van der Waals surface area contributed by atoms with Gasteiger partial charge in [-0.05, 0) is 19.9 Å². The number of carbonyl (C=O) groups is 2. The molecule has 4 N–H and O–H groups in total. The van der Waals surface area contributed by atoms with Crippen LogP contribution in [-0.4, -0.2) is 56.1 Å². The molecule has 0 radical (unpaired) electrons. The summed E-state index contributed by atoms with van der Waals surface area (Å²) < 4.78 is 5.53. The number of rotatable bonds is 5. The van der Waals surface area contributed by atoms with Crippen LogP contribution in [0.25, 0.3) is 0 Å². The predicted octanol–water partition coefficient (Wildman–Crippen LogP) is -1.80. The Morgan fingerprint density at radius 2 is 2.18 bits per heavy atom. The number of amides is 2. The Kier molecular flexibility index (Phi) is 5.33. The fraction of sp³-hybridized carbons (Fsp3) is 0.800. The maximum atomic E-state index is 11.2. The minimum Gasteiger partial charge on any atom is -0.364 e. The van der Waals surface area contributed by atoms with Crippen molar-refractivity contribution in [1.82, 2.24) is 15.6 Å². The lowest BCUT2D eigenvalue weighted by atomic mass is 10.2. The largest absolute Gasteiger partial charge is 0.364 e. The second-order valence-electron chi connectivity index (χ2n) is 4.20. The molecule has 2 unspecified atom stereocenters. The zero-order valence-electron chi connectivity index (χ0n) is 10.2. The van der Waals surface area contributed by atoms with Crippen LogP contribution >= 0.6 is 0 Å². The second kappa shape index (κ2) is 6.53. The highest BCUT2D eigenvalue weighted by molar-refractivity contribution is 5.80. The highest BCUT2D eigenvalue weighted by Gasteiger charge is 2.30. The van der Waals surface area contributed by atoms with E-state index in [1.165, 1.54) is 0 Å². The first-order chi connectivity index (χ1) is 8.06. The van der Waals surface area contributed by atoms with Gasteiger partial charge in [-0.25, -0.2) is 5.84 Å². The molecule has 0 aromatic carbocycles. The van der Waals surface area contributed by atoms with E-state index < -0.39 is 6.10 Å². The number of hydrazine groups is 1. The van der Waals surface area contributed by atoms with E-state index in [1.54, 1.807) is 7.05 Å². The van der Waals surface area contributed by atoms with Gasteiger partial charge in [-0.15, -0.1) is 0 Å². The average Bonchev–Trinajstić information content (AvgIpc) is 2.76. The predicted molar refractivity (Wildman–Crippen MR) is 61.8 cm³/mol. The number of ether oxygens (including phenoxy) is 1. The zero-order valence-corrected chi connectivity index (χ0v) is 10.2. The Hall–Kier alpha value is -1.18. The van der Waals surface area contributed by atoms with Crippen LogP contribution in [0.4, 0.5) is 0 Å². The summed E-state index contributed by atoms with van der Waals surface area (Å²) in [6, 6.07) is 0. The van der Waals surface area contributed by atoms with Crippen LogP contribution in [0.3, 0.4) is 0 Å². The van der Waals surface area contributed by atoms with E-state index in [9.17, 15) is 9.59 Å². The smallest absolute Gasteiger partial charge is 0.263 e. The first-order valence-electron chi connectivity index (χ1n) is 5.61.